The number of rotatable bonds is 1. The van der Waals surface area contributed by atoms with Gasteiger partial charge in [0.15, 0.2) is 0 Å². The molecule has 0 saturated carbocycles. The van der Waals surface area contributed by atoms with Crippen molar-refractivity contribution in [2.75, 3.05) is 12.4 Å². The Morgan fingerprint density at radius 3 is 2.86 bits per heavy atom. The van der Waals surface area contributed by atoms with Crippen molar-refractivity contribution in [3.05, 3.63) is 28.7 Å². The van der Waals surface area contributed by atoms with E-state index in [2.05, 4.69) is 31.2 Å². The van der Waals surface area contributed by atoms with E-state index in [1.807, 2.05) is 0 Å². The molecule has 0 fully saturated rings. The molecule has 1 heterocycles. The molecule has 1 aromatic heterocycles. The lowest BCUT2D eigenvalue weighted by Crippen LogP contribution is -1.95. The maximum absolute atomic E-state index is 13.2. The highest BCUT2D eigenvalue weighted by Crippen LogP contribution is 2.25. The monoisotopic (exact) mass is 255 g/mol. The van der Waals surface area contributed by atoms with Gasteiger partial charge in [0.25, 0.3) is 0 Å². The van der Waals surface area contributed by atoms with Crippen LogP contribution in [0.25, 0.3) is 10.9 Å². The van der Waals surface area contributed by atoms with Crippen molar-refractivity contribution in [1.82, 2.24) is 9.97 Å². The lowest BCUT2D eigenvalue weighted by molar-refractivity contribution is 0.623. The number of aromatic nitrogens is 2. The topological polar surface area (TPSA) is 37.8 Å². The van der Waals surface area contributed by atoms with Crippen LogP contribution in [0, 0.1) is 5.82 Å². The maximum Gasteiger partial charge on any atom is 0.139 e. The summed E-state index contributed by atoms with van der Waals surface area (Å²) < 4.78 is 13.6. The van der Waals surface area contributed by atoms with Gasteiger partial charge in [-0.2, -0.15) is 0 Å². The Bertz CT molecular complexity index is 487. The molecule has 0 saturated heterocycles. The van der Waals surface area contributed by atoms with Crippen molar-refractivity contribution >= 4 is 32.7 Å². The smallest absolute Gasteiger partial charge is 0.139 e. The Morgan fingerprint density at radius 2 is 2.14 bits per heavy atom. The van der Waals surface area contributed by atoms with Gasteiger partial charge in [0.2, 0.25) is 0 Å². The van der Waals surface area contributed by atoms with Gasteiger partial charge in [-0.25, -0.2) is 14.4 Å². The van der Waals surface area contributed by atoms with Crippen molar-refractivity contribution in [2.24, 2.45) is 0 Å². The molecule has 0 bridgehead atoms. The first-order valence-corrected chi connectivity index (χ1v) is 4.79. The predicted octanol–water partition coefficient (Wildman–Crippen LogP) is 2.57. The predicted molar refractivity (Wildman–Crippen MR) is 56.7 cm³/mol. The normalized spacial score (nSPS) is 10.5. The average molecular weight is 256 g/mol. The molecule has 0 amide bonds. The van der Waals surface area contributed by atoms with Gasteiger partial charge in [-0.3, -0.25) is 0 Å². The van der Waals surface area contributed by atoms with E-state index in [1.165, 1.54) is 12.4 Å². The zero-order chi connectivity index (χ0) is 10.1. The van der Waals surface area contributed by atoms with Crippen molar-refractivity contribution in [1.29, 1.82) is 0 Å². The number of benzene rings is 1. The number of anilines is 1. The van der Waals surface area contributed by atoms with Crippen LogP contribution in [-0.2, 0) is 0 Å². The van der Waals surface area contributed by atoms with Crippen LogP contribution in [0.4, 0.5) is 10.2 Å². The van der Waals surface area contributed by atoms with Gasteiger partial charge in [-0.1, -0.05) is 0 Å². The summed E-state index contributed by atoms with van der Waals surface area (Å²) in [6.07, 6.45) is 1.40. The van der Waals surface area contributed by atoms with Crippen LogP contribution in [-0.4, -0.2) is 17.0 Å². The standard InChI is InChI=1S/C9H7BrFN3/c1-12-9-5-2-6(10)7(11)3-8(5)13-4-14-9/h2-4H,1H3,(H,12,13,14). The van der Waals surface area contributed by atoms with E-state index in [1.54, 1.807) is 13.1 Å². The molecule has 1 N–H and O–H groups in total. The van der Waals surface area contributed by atoms with Gasteiger partial charge in [0, 0.05) is 18.5 Å². The molecule has 2 aromatic rings. The maximum atomic E-state index is 13.2. The molecule has 1 aromatic carbocycles. The van der Waals surface area contributed by atoms with E-state index in [4.69, 9.17) is 0 Å². The third-order valence-electron chi connectivity index (χ3n) is 1.91. The highest BCUT2D eigenvalue weighted by atomic mass is 79.9. The Kier molecular flexibility index (Phi) is 2.33. The van der Waals surface area contributed by atoms with Crippen LogP contribution in [0.1, 0.15) is 0 Å². The molecule has 3 nitrogen and oxygen atoms in total. The second kappa shape index (κ2) is 3.49. The summed E-state index contributed by atoms with van der Waals surface area (Å²) in [6, 6.07) is 3.04. The highest BCUT2D eigenvalue weighted by Gasteiger charge is 2.06. The van der Waals surface area contributed by atoms with E-state index in [9.17, 15) is 4.39 Å². The molecule has 0 atom stereocenters. The summed E-state index contributed by atoms with van der Waals surface area (Å²) >= 11 is 3.12. The van der Waals surface area contributed by atoms with Gasteiger partial charge in [0.05, 0.1) is 9.99 Å². The highest BCUT2D eigenvalue weighted by molar-refractivity contribution is 9.10. The zero-order valence-corrected chi connectivity index (χ0v) is 8.97. The van der Waals surface area contributed by atoms with Crippen LogP contribution in [0.2, 0.25) is 0 Å². The first-order chi connectivity index (χ1) is 6.72. The largest absolute Gasteiger partial charge is 0.373 e. The van der Waals surface area contributed by atoms with Crippen LogP contribution in [0.3, 0.4) is 0 Å². The molecular weight excluding hydrogens is 249 g/mol. The molecular formula is C9H7BrFN3. The van der Waals surface area contributed by atoms with Crippen LogP contribution in [0.5, 0.6) is 0 Å². The molecule has 5 heteroatoms. The summed E-state index contributed by atoms with van der Waals surface area (Å²) in [5.74, 6) is 0.369. The van der Waals surface area contributed by atoms with Crippen LogP contribution >= 0.6 is 15.9 Å². The Morgan fingerprint density at radius 1 is 1.36 bits per heavy atom. The fourth-order valence-corrected chi connectivity index (χ4v) is 1.59. The van der Waals surface area contributed by atoms with E-state index >= 15 is 0 Å². The zero-order valence-electron chi connectivity index (χ0n) is 7.38. The minimum atomic E-state index is -0.321. The fourth-order valence-electron chi connectivity index (χ4n) is 1.25. The first kappa shape index (κ1) is 9.33. The quantitative estimate of drug-likeness (QED) is 0.852. The molecule has 0 radical (unpaired) electrons. The molecule has 14 heavy (non-hydrogen) atoms. The third-order valence-corrected chi connectivity index (χ3v) is 2.52. The lowest BCUT2D eigenvalue weighted by Gasteiger charge is -2.04. The minimum absolute atomic E-state index is 0.321. The summed E-state index contributed by atoms with van der Waals surface area (Å²) in [7, 11) is 1.76. The SMILES string of the molecule is CNc1ncnc2cc(F)c(Br)cc12. The molecule has 0 aliphatic rings. The van der Waals surface area contributed by atoms with Gasteiger partial charge < -0.3 is 5.32 Å². The number of nitrogens with zero attached hydrogens (tertiary/aromatic N) is 2. The molecule has 0 spiro atoms. The summed E-state index contributed by atoms with van der Waals surface area (Å²) in [5, 5.41) is 3.72. The second-order valence-corrected chi connectivity index (χ2v) is 3.61. The van der Waals surface area contributed by atoms with Crippen molar-refractivity contribution in [2.45, 2.75) is 0 Å². The van der Waals surface area contributed by atoms with Gasteiger partial charge in [0.1, 0.15) is 18.0 Å². The van der Waals surface area contributed by atoms with E-state index in [0.29, 0.717) is 15.8 Å². The first-order valence-electron chi connectivity index (χ1n) is 4.00. The molecule has 2 rings (SSSR count). The second-order valence-electron chi connectivity index (χ2n) is 2.76. The van der Waals surface area contributed by atoms with Crippen molar-refractivity contribution in [3.63, 3.8) is 0 Å². The van der Waals surface area contributed by atoms with Crippen LogP contribution < -0.4 is 5.32 Å². The summed E-state index contributed by atoms with van der Waals surface area (Å²) in [4.78, 5) is 8.01. The molecule has 0 aliphatic carbocycles. The Labute approximate surface area is 88.5 Å². The van der Waals surface area contributed by atoms with E-state index in [-0.39, 0.29) is 5.82 Å². The number of hydrogen-bond donors (Lipinski definition) is 1. The van der Waals surface area contributed by atoms with Gasteiger partial charge in [-0.05, 0) is 22.0 Å². The fraction of sp³-hybridized carbons (Fsp3) is 0.111. The minimum Gasteiger partial charge on any atom is -0.373 e. The molecule has 72 valence electrons. The van der Waals surface area contributed by atoms with E-state index in [0.717, 1.165) is 5.39 Å². The molecule has 0 unspecified atom stereocenters. The van der Waals surface area contributed by atoms with Crippen LogP contribution in [0.15, 0.2) is 22.9 Å². The van der Waals surface area contributed by atoms with Crippen molar-refractivity contribution < 1.29 is 4.39 Å². The van der Waals surface area contributed by atoms with Gasteiger partial charge in [-0.15, -0.1) is 0 Å². The van der Waals surface area contributed by atoms with E-state index < -0.39 is 0 Å². The number of fused-ring (bicyclic) bond motifs is 1. The van der Waals surface area contributed by atoms with Crippen molar-refractivity contribution in [3.8, 4) is 0 Å². The number of halogens is 2. The summed E-state index contributed by atoms with van der Waals surface area (Å²) in [6.45, 7) is 0. The number of nitrogens with one attached hydrogen (secondary N) is 1. The summed E-state index contributed by atoms with van der Waals surface area (Å²) in [5.41, 5.74) is 0.588. The average Bonchev–Trinajstić information content (AvgIpc) is 2.19. The lowest BCUT2D eigenvalue weighted by atomic mass is 10.2. The number of hydrogen-bond acceptors (Lipinski definition) is 3. The third kappa shape index (κ3) is 1.43. The molecule has 0 aliphatic heterocycles. The Balaban J connectivity index is 2.81. The Hall–Kier alpha value is -1.23. The van der Waals surface area contributed by atoms with Gasteiger partial charge >= 0.3 is 0 Å².